The number of carbonyl (C=O) groups is 1. The molecule has 206 valence electrons. The highest BCUT2D eigenvalue weighted by molar-refractivity contribution is 8.22. The van der Waals surface area contributed by atoms with Gasteiger partial charge >= 0.3 is 5.97 Å². The monoisotopic (exact) mass is 549 g/mol. The summed E-state index contributed by atoms with van der Waals surface area (Å²) in [6.45, 7) is 5.54. The van der Waals surface area contributed by atoms with Crippen molar-refractivity contribution in [3.8, 4) is 0 Å². The molecule has 1 aliphatic heterocycles. The number of aryl methyl sites for hydroxylation is 3. The fourth-order valence-corrected chi connectivity index (χ4v) is 7.07. The van der Waals surface area contributed by atoms with Crippen LogP contribution in [0.3, 0.4) is 0 Å². The summed E-state index contributed by atoms with van der Waals surface area (Å²) < 4.78 is 31.5. The van der Waals surface area contributed by atoms with Crippen molar-refractivity contribution in [2.45, 2.75) is 37.6 Å². The maximum Gasteiger partial charge on any atom is 0.306 e. The molecule has 0 amide bonds. The van der Waals surface area contributed by atoms with Crippen molar-refractivity contribution in [3.05, 3.63) is 82.4 Å². The number of hydrogen-bond donors (Lipinski definition) is 2. The average Bonchev–Trinajstić information content (AvgIpc) is 3.28. The van der Waals surface area contributed by atoms with Gasteiger partial charge in [0.05, 0.1) is 29.6 Å². The lowest BCUT2D eigenvalue weighted by atomic mass is 9.84. The van der Waals surface area contributed by atoms with Crippen molar-refractivity contribution in [1.29, 1.82) is 0 Å². The molecule has 2 heterocycles. The quantitative estimate of drug-likeness (QED) is 0.314. The number of carbonyl (C=O) groups excluding carboxylic acids is 1. The Bertz CT molecular complexity index is 1540. The lowest BCUT2D eigenvalue weighted by Crippen LogP contribution is -2.31. The van der Waals surface area contributed by atoms with Crippen molar-refractivity contribution < 1.29 is 18.6 Å². The molecule has 1 unspecified atom stereocenters. The van der Waals surface area contributed by atoms with E-state index in [9.17, 15) is 13.9 Å². The Kier molecular flexibility index (Phi) is 7.39. The van der Waals surface area contributed by atoms with Crippen LogP contribution in [0.15, 0.2) is 59.5 Å². The van der Waals surface area contributed by atoms with Gasteiger partial charge in [0.1, 0.15) is 5.52 Å². The van der Waals surface area contributed by atoms with Gasteiger partial charge in [-0.05, 0) is 59.9 Å². The van der Waals surface area contributed by atoms with Gasteiger partial charge < -0.3 is 9.64 Å². The normalized spacial score (nSPS) is 16.9. The van der Waals surface area contributed by atoms with Crippen LogP contribution in [-0.4, -0.2) is 61.6 Å². The lowest BCUT2D eigenvalue weighted by Gasteiger charge is -2.42. The fourth-order valence-electron chi connectivity index (χ4n) is 5.37. The van der Waals surface area contributed by atoms with Crippen LogP contribution in [-0.2, 0) is 23.1 Å². The van der Waals surface area contributed by atoms with Crippen LogP contribution in [0.2, 0.25) is 0 Å². The van der Waals surface area contributed by atoms with E-state index in [1.54, 1.807) is 15.1 Å². The third-order valence-corrected chi connectivity index (χ3v) is 9.76. The zero-order valence-corrected chi connectivity index (χ0v) is 23.8. The summed E-state index contributed by atoms with van der Waals surface area (Å²) in [7, 11) is 2.02. The van der Waals surface area contributed by atoms with E-state index in [2.05, 4.69) is 21.3 Å². The second-order valence-electron chi connectivity index (χ2n) is 10.2. The third kappa shape index (κ3) is 5.00. The molecule has 1 aliphatic rings. The summed E-state index contributed by atoms with van der Waals surface area (Å²) >= 11 is 0. The van der Waals surface area contributed by atoms with Crippen LogP contribution in [0.25, 0.3) is 11.0 Å². The summed E-state index contributed by atoms with van der Waals surface area (Å²) in [6.07, 6.45) is 0.169. The highest BCUT2D eigenvalue weighted by atomic mass is 32.3. The smallest absolute Gasteiger partial charge is 0.306 e. The molecule has 3 aromatic carbocycles. The lowest BCUT2D eigenvalue weighted by molar-refractivity contribution is -0.140. The minimum absolute atomic E-state index is 0.169. The first-order valence-corrected chi connectivity index (χ1v) is 14.4. The Morgan fingerprint density at radius 2 is 1.85 bits per heavy atom. The second-order valence-corrected chi connectivity index (χ2v) is 12.1. The van der Waals surface area contributed by atoms with E-state index in [-0.39, 0.29) is 18.3 Å². The van der Waals surface area contributed by atoms with E-state index < -0.39 is 10.8 Å². The SMILES string of the molecule is COC(=O)CC(c1ccc(C)c(CN2CCN(C)c3ccccc3S2(O)O)c1)c1ccc2c(nnn2C)c1C. The molecule has 2 N–H and O–H groups in total. The van der Waals surface area contributed by atoms with Gasteiger partial charge in [-0.1, -0.05) is 41.6 Å². The van der Waals surface area contributed by atoms with Gasteiger partial charge in [-0.25, -0.2) is 4.68 Å². The molecule has 1 aromatic heterocycles. The standard InChI is InChI=1S/C29H35N5O4S/c1-19-10-11-21(24(17-28(35)38-5)23-12-13-26-29(20(23)2)30-31-33(26)4)16-22(19)18-34-15-14-32(3)25-8-6-7-9-27(25)39(34,36)37/h6-13,16,24,36-37H,14-15,17-18H2,1-5H3. The second kappa shape index (κ2) is 10.6. The maximum absolute atomic E-state index is 12.6. The Morgan fingerprint density at radius 3 is 2.62 bits per heavy atom. The highest BCUT2D eigenvalue weighted by Crippen LogP contribution is 2.56. The summed E-state index contributed by atoms with van der Waals surface area (Å²) in [5, 5.41) is 8.51. The highest BCUT2D eigenvalue weighted by Gasteiger charge is 2.32. The van der Waals surface area contributed by atoms with Gasteiger partial charge in [-0.3, -0.25) is 13.9 Å². The minimum atomic E-state index is -3.20. The molecule has 0 spiro atoms. The van der Waals surface area contributed by atoms with Gasteiger partial charge in [0.25, 0.3) is 0 Å². The molecule has 0 fully saturated rings. The number of nitrogens with zero attached hydrogens (tertiary/aromatic N) is 5. The molecule has 0 aliphatic carbocycles. The van der Waals surface area contributed by atoms with E-state index in [4.69, 9.17) is 4.74 Å². The molecule has 0 radical (unpaired) electrons. The van der Waals surface area contributed by atoms with E-state index in [0.717, 1.165) is 44.5 Å². The number of ether oxygens (including phenoxy) is 1. The van der Waals surface area contributed by atoms with Crippen LogP contribution < -0.4 is 4.90 Å². The first-order valence-electron chi connectivity index (χ1n) is 12.9. The van der Waals surface area contributed by atoms with Crippen molar-refractivity contribution in [2.75, 3.05) is 32.1 Å². The predicted octanol–water partition coefficient (Wildman–Crippen LogP) is 5.26. The van der Waals surface area contributed by atoms with Crippen molar-refractivity contribution in [1.82, 2.24) is 19.3 Å². The first kappa shape index (κ1) is 27.1. The summed E-state index contributed by atoms with van der Waals surface area (Å²) in [5.41, 5.74) is 7.48. The molecule has 5 rings (SSSR count). The van der Waals surface area contributed by atoms with Gasteiger partial charge in [0.15, 0.2) is 0 Å². The van der Waals surface area contributed by atoms with Crippen LogP contribution >= 0.6 is 10.8 Å². The van der Waals surface area contributed by atoms with Crippen LogP contribution in [0.5, 0.6) is 0 Å². The Balaban J connectivity index is 1.54. The zero-order valence-electron chi connectivity index (χ0n) is 23.0. The predicted molar refractivity (Wildman–Crippen MR) is 154 cm³/mol. The van der Waals surface area contributed by atoms with E-state index in [1.165, 1.54) is 7.11 Å². The van der Waals surface area contributed by atoms with Crippen molar-refractivity contribution >= 4 is 33.5 Å². The Morgan fingerprint density at radius 1 is 1.08 bits per heavy atom. The topological polar surface area (TPSA) is 104 Å². The molecule has 0 saturated carbocycles. The van der Waals surface area contributed by atoms with Crippen molar-refractivity contribution in [2.24, 2.45) is 7.05 Å². The summed E-state index contributed by atoms with van der Waals surface area (Å²) in [5.74, 6) is -0.568. The van der Waals surface area contributed by atoms with Gasteiger partial charge in [0.2, 0.25) is 0 Å². The molecule has 0 saturated heterocycles. The zero-order chi connectivity index (χ0) is 27.9. The average molecular weight is 550 g/mol. The molecular formula is C29H35N5O4S. The number of fused-ring (bicyclic) bond motifs is 2. The molecule has 39 heavy (non-hydrogen) atoms. The Hall–Kier alpha value is -3.44. The largest absolute Gasteiger partial charge is 0.469 e. The van der Waals surface area contributed by atoms with E-state index in [0.29, 0.717) is 24.5 Å². The number of hydrogen-bond acceptors (Lipinski definition) is 8. The van der Waals surface area contributed by atoms with E-state index >= 15 is 0 Å². The molecule has 4 aromatic rings. The van der Waals surface area contributed by atoms with Gasteiger partial charge in [-0.2, -0.15) is 4.31 Å². The van der Waals surface area contributed by atoms with Crippen LogP contribution in [0.4, 0.5) is 5.69 Å². The number of benzene rings is 3. The maximum atomic E-state index is 12.6. The first-order chi connectivity index (χ1) is 18.6. The summed E-state index contributed by atoms with van der Waals surface area (Å²) in [4.78, 5) is 15.2. The number of aromatic nitrogens is 3. The van der Waals surface area contributed by atoms with E-state index in [1.807, 2.05) is 70.4 Å². The number of methoxy groups -OCH3 is 1. The molecule has 10 heteroatoms. The number of likely N-dealkylation sites (N-methyl/N-ethyl adjacent to an activating group) is 1. The Labute approximate surface area is 230 Å². The molecule has 0 bridgehead atoms. The van der Waals surface area contributed by atoms with Gasteiger partial charge in [0, 0.05) is 39.6 Å². The number of esters is 1. The third-order valence-electron chi connectivity index (χ3n) is 7.79. The molecule has 1 atom stereocenters. The van der Waals surface area contributed by atoms with Gasteiger partial charge in [-0.15, -0.1) is 15.9 Å². The fraction of sp³-hybridized carbons (Fsp3) is 0.345. The minimum Gasteiger partial charge on any atom is -0.469 e. The number of para-hydroxylation sites is 1. The van der Waals surface area contributed by atoms with Crippen LogP contribution in [0, 0.1) is 13.8 Å². The van der Waals surface area contributed by atoms with Crippen molar-refractivity contribution in [3.63, 3.8) is 0 Å². The number of anilines is 1. The number of rotatable bonds is 6. The summed E-state index contributed by atoms with van der Waals surface area (Å²) in [6, 6.07) is 17.6. The molecular weight excluding hydrogens is 514 g/mol. The molecule has 9 nitrogen and oxygen atoms in total. The van der Waals surface area contributed by atoms with Crippen LogP contribution in [0.1, 0.15) is 40.2 Å².